The average Bonchev–Trinajstić information content (AvgIpc) is 2.76. The van der Waals surface area contributed by atoms with Gasteiger partial charge in [0.05, 0.1) is 11.0 Å². The maximum Gasteiger partial charge on any atom is 0.311 e. The Labute approximate surface area is 105 Å². The molecule has 1 saturated heterocycles. The molecule has 0 aliphatic carbocycles. The van der Waals surface area contributed by atoms with Gasteiger partial charge in [0.15, 0.2) is 0 Å². The molecule has 1 atom stereocenters. The van der Waals surface area contributed by atoms with Gasteiger partial charge in [-0.05, 0) is 19.4 Å². The third kappa shape index (κ3) is 2.51. The molecule has 2 rings (SSSR count). The zero-order chi connectivity index (χ0) is 13.1. The van der Waals surface area contributed by atoms with Crippen molar-refractivity contribution in [3.63, 3.8) is 0 Å². The highest BCUT2D eigenvalue weighted by molar-refractivity contribution is 5.62. The molecule has 7 nitrogen and oxygen atoms in total. The molecular formula is C11H16N4O3. The number of rotatable bonds is 4. The second-order valence-electron chi connectivity index (χ2n) is 4.22. The summed E-state index contributed by atoms with van der Waals surface area (Å²) in [5, 5.41) is 23.5. The molecule has 0 bridgehead atoms. The Morgan fingerprint density at radius 1 is 1.67 bits per heavy atom. The smallest absolute Gasteiger partial charge is 0.311 e. The van der Waals surface area contributed by atoms with E-state index in [1.165, 1.54) is 6.07 Å². The van der Waals surface area contributed by atoms with Crippen molar-refractivity contribution in [2.75, 3.05) is 29.9 Å². The number of anilines is 2. The Bertz CT molecular complexity index is 452. The van der Waals surface area contributed by atoms with Gasteiger partial charge in [0.1, 0.15) is 5.82 Å². The van der Waals surface area contributed by atoms with Crippen LogP contribution in [0.15, 0.2) is 12.1 Å². The van der Waals surface area contributed by atoms with E-state index in [1.807, 2.05) is 6.92 Å². The molecule has 1 unspecified atom stereocenters. The molecule has 1 aliphatic rings. The molecule has 18 heavy (non-hydrogen) atoms. The van der Waals surface area contributed by atoms with Crippen molar-refractivity contribution in [3.8, 4) is 0 Å². The van der Waals surface area contributed by atoms with E-state index in [1.54, 1.807) is 11.0 Å². The van der Waals surface area contributed by atoms with Gasteiger partial charge in [-0.25, -0.2) is 4.98 Å². The van der Waals surface area contributed by atoms with Gasteiger partial charge in [0.25, 0.3) is 0 Å². The number of nitrogens with one attached hydrogen (secondary N) is 1. The number of pyridine rings is 1. The van der Waals surface area contributed by atoms with Crippen LogP contribution >= 0.6 is 0 Å². The van der Waals surface area contributed by atoms with Crippen molar-refractivity contribution in [3.05, 3.63) is 22.2 Å². The van der Waals surface area contributed by atoms with Crippen molar-refractivity contribution in [2.45, 2.75) is 19.4 Å². The minimum Gasteiger partial charge on any atom is -0.391 e. The topological polar surface area (TPSA) is 91.5 Å². The molecule has 0 aromatic carbocycles. The van der Waals surface area contributed by atoms with E-state index in [9.17, 15) is 15.2 Å². The Hall–Kier alpha value is -1.89. The quantitative estimate of drug-likeness (QED) is 0.613. The van der Waals surface area contributed by atoms with E-state index in [-0.39, 0.29) is 5.69 Å². The summed E-state index contributed by atoms with van der Waals surface area (Å²) in [4.78, 5) is 16.6. The standard InChI is InChI=1S/C11H16N4O3/c1-2-12-10-4-3-9(15(17)18)11(13-10)14-6-5-8(16)7-14/h3-4,8,16H,2,5-7H2,1H3,(H,12,13). The van der Waals surface area contributed by atoms with Crippen LogP contribution in [0.5, 0.6) is 0 Å². The van der Waals surface area contributed by atoms with E-state index >= 15 is 0 Å². The SMILES string of the molecule is CCNc1ccc([N+](=O)[O-])c(N2CCC(O)C2)n1. The minimum absolute atomic E-state index is 0.0225. The Kier molecular flexibility index (Phi) is 3.61. The molecule has 1 aromatic rings. The van der Waals surface area contributed by atoms with Crippen LogP contribution in [0.4, 0.5) is 17.3 Å². The molecular weight excluding hydrogens is 236 g/mol. The largest absolute Gasteiger partial charge is 0.391 e. The molecule has 2 N–H and O–H groups in total. The molecule has 0 radical (unpaired) electrons. The van der Waals surface area contributed by atoms with Gasteiger partial charge < -0.3 is 15.3 Å². The number of hydrogen-bond donors (Lipinski definition) is 2. The molecule has 2 heterocycles. The molecule has 1 aromatic heterocycles. The van der Waals surface area contributed by atoms with Crippen molar-refractivity contribution in [1.82, 2.24) is 4.98 Å². The molecule has 7 heteroatoms. The van der Waals surface area contributed by atoms with Gasteiger partial charge in [-0.2, -0.15) is 0 Å². The van der Waals surface area contributed by atoms with Gasteiger partial charge in [0.2, 0.25) is 5.82 Å². The van der Waals surface area contributed by atoms with Crippen LogP contribution < -0.4 is 10.2 Å². The second kappa shape index (κ2) is 5.18. The van der Waals surface area contributed by atoms with E-state index in [0.29, 0.717) is 37.7 Å². The summed E-state index contributed by atoms with van der Waals surface area (Å²) in [6, 6.07) is 3.04. The fourth-order valence-corrected chi connectivity index (χ4v) is 2.03. The highest BCUT2D eigenvalue weighted by Crippen LogP contribution is 2.30. The molecule has 98 valence electrons. The summed E-state index contributed by atoms with van der Waals surface area (Å²) < 4.78 is 0. The lowest BCUT2D eigenvalue weighted by atomic mass is 10.3. The maximum atomic E-state index is 11.0. The first-order chi connectivity index (χ1) is 8.61. The first-order valence-electron chi connectivity index (χ1n) is 5.94. The van der Waals surface area contributed by atoms with Crippen LogP contribution in [0.25, 0.3) is 0 Å². The lowest BCUT2D eigenvalue weighted by Crippen LogP contribution is -2.23. The van der Waals surface area contributed by atoms with Crippen molar-refractivity contribution in [1.29, 1.82) is 0 Å². The number of aromatic nitrogens is 1. The molecule has 0 amide bonds. The summed E-state index contributed by atoms with van der Waals surface area (Å²) in [5.41, 5.74) is -0.0225. The minimum atomic E-state index is -0.442. The van der Waals surface area contributed by atoms with Gasteiger partial charge in [-0.1, -0.05) is 0 Å². The maximum absolute atomic E-state index is 11.0. The molecule has 1 aliphatic heterocycles. The zero-order valence-electron chi connectivity index (χ0n) is 10.2. The first-order valence-corrected chi connectivity index (χ1v) is 5.94. The van der Waals surface area contributed by atoms with Crippen LogP contribution in [0.1, 0.15) is 13.3 Å². The van der Waals surface area contributed by atoms with Crippen LogP contribution in [0.2, 0.25) is 0 Å². The van der Waals surface area contributed by atoms with Crippen LogP contribution in [0, 0.1) is 10.1 Å². The monoisotopic (exact) mass is 252 g/mol. The predicted molar refractivity (Wildman–Crippen MR) is 67.9 cm³/mol. The van der Waals surface area contributed by atoms with Crippen LogP contribution in [0.3, 0.4) is 0 Å². The summed E-state index contributed by atoms with van der Waals surface area (Å²) >= 11 is 0. The molecule has 0 spiro atoms. The predicted octanol–water partition coefficient (Wildman–Crippen LogP) is 0.993. The lowest BCUT2D eigenvalue weighted by molar-refractivity contribution is -0.384. The Morgan fingerprint density at radius 2 is 2.44 bits per heavy atom. The number of nitrogens with zero attached hydrogens (tertiary/aromatic N) is 3. The fraction of sp³-hybridized carbons (Fsp3) is 0.545. The summed E-state index contributed by atoms with van der Waals surface area (Å²) in [5.74, 6) is 0.939. The third-order valence-corrected chi connectivity index (χ3v) is 2.87. The highest BCUT2D eigenvalue weighted by atomic mass is 16.6. The van der Waals surface area contributed by atoms with Crippen LogP contribution in [-0.4, -0.2) is 40.8 Å². The van der Waals surface area contributed by atoms with Gasteiger partial charge in [-0.15, -0.1) is 0 Å². The van der Waals surface area contributed by atoms with Gasteiger partial charge in [-0.3, -0.25) is 10.1 Å². The van der Waals surface area contributed by atoms with Crippen molar-refractivity contribution in [2.24, 2.45) is 0 Å². The number of hydrogen-bond acceptors (Lipinski definition) is 6. The van der Waals surface area contributed by atoms with Gasteiger partial charge >= 0.3 is 5.69 Å². The number of nitro groups is 1. The number of β-amino-alcohol motifs (C(OH)–C–C–N with tert-alkyl or cyclic N) is 1. The second-order valence-corrected chi connectivity index (χ2v) is 4.22. The van der Waals surface area contributed by atoms with E-state index in [4.69, 9.17) is 0 Å². The third-order valence-electron chi connectivity index (χ3n) is 2.87. The summed E-state index contributed by atoms with van der Waals surface area (Å²) in [7, 11) is 0. The lowest BCUT2D eigenvalue weighted by Gasteiger charge is -2.17. The average molecular weight is 252 g/mol. The highest BCUT2D eigenvalue weighted by Gasteiger charge is 2.28. The van der Waals surface area contributed by atoms with Crippen molar-refractivity contribution >= 4 is 17.3 Å². The van der Waals surface area contributed by atoms with E-state index < -0.39 is 11.0 Å². The number of aliphatic hydroxyl groups excluding tert-OH is 1. The summed E-state index contributed by atoms with van der Waals surface area (Å²) in [6.07, 6.45) is 0.179. The Balaban J connectivity index is 2.34. The van der Waals surface area contributed by atoms with Crippen LogP contribution in [-0.2, 0) is 0 Å². The van der Waals surface area contributed by atoms with E-state index in [0.717, 1.165) is 0 Å². The zero-order valence-corrected chi connectivity index (χ0v) is 10.2. The van der Waals surface area contributed by atoms with E-state index in [2.05, 4.69) is 10.3 Å². The molecule has 0 saturated carbocycles. The summed E-state index contributed by atoms with van der Waals surface area (Å²) in [6.45, 7) is 3.61. The fourth-order valence-electron chi connectivity index (χ4n) is 2.03. The normalized spacial score (nSPS) is 19.0. The Morgan fingerprint density at radius 3 is 3.00 bits per heavy atom. The van der Waals surface area contributed by atoms with Crippen molar-refractivity contribution < 1.29 is 10.0 Å². The number of aliphatic hydroxyl groups is 1. The molecule has 1 fully saturated rings. The first kappa shape index (κ1) is 12.6. The van der Waals surface area contributed by atoms with Gasteiger partial charge in [0, 0.05) is 25.7 Å².